The molecule has 3 aromatic rings. The van der Waals surface area contributed by atoms with E-state index in [1.54, 1.807) is 23.9 Å². The van der Waals surface area contributed by atoms with E-state index in [9.17, 15) is 4.79 Å². The predicted octanol–water partition coefficient (Wildman–Crippen LogP) is 3.46. The lowest BCUT2D eigenvalue weighted by molar-refractivity contribution is 0.0916. The van der Waals surface area contributed by atoms with E-state index in [2.05, 4.69) is 22.4 Å². The molecule has 0 saturated carbocycles. The van der Waals surface area contributed by atoms with Gasteiger partial charge in [-0.15, -0.1) is 0 Å². The van der Waals surface area contributed by atoms with Crippen molar-refractivity contribution in [3.8, 4) is 17.1 Å². The van der Waals surface area contributed by atoms with Crippen LogP contribution in [0.5, 0.6) is 5.75 Å². The number of furan rings is 1. The van der Waals surface area contributed by atoms with Gasteiger partial charge in [-0.25, -0.2) is 0 Å². The van der Waals surface area contributed by atoms with Crippen molar-refractivity contribution in [1.29, 1.82) is 0 Å². The first kappa shape index (κ1) is 20.7. The van der Waals surface area contributed by atoms with E-state index in [4.69, 9.17) is 9.15 Å². The zero-order valence-electron chi connectivity index (χ0n) is 17.6. The van der Waals surface area contributed by atoms with Gasteiger partial charge in [0, 0.05) is 37.9 Å². The number of ether oxygens (including phenoxy) is 1. The number of hydrogen-bond acceptors (Lipinski definition) is 5. The van der Waals surface area contributed by atoms with Crippen LogP contribution >= 0.6 is 0 Å². The molecule has 0 unspecified atom stereocenters. The van der Waals surface area contributed by atoms with Crippen LogP contribution < -0.4 is 10.1 Å². The Morgan fingerprint density at radius 3 is 2.66 bits per heavy atom. The molecule has 0 aliphatic rings. The summed E-state index contributed by atoms with van der Waals surface area (Å²) < 4.78 is 13.1. The van der Waals surface area contributed by atoms with Crippen molar-refractivity contribution in [3.63, 3.8) is 0 Å². The van der Waals surface area contributed by atoms with Gasteiger partial charge in [-0.3, -0.25) is 14.4 Å². The Labute approximate surface area is 171 Å². The van der Waals surface area contributed by atoms with E-state index in [0.29, 0.717) is 11.5 Å². The highest BCUT2D eigenvalue weighted by atomic mass is 16.5. The number of nitrogens with zero attached hydrogens (tertiary/aromatic N) is 3. The maximum atomic E-state index is 12.2. The number of methoxy groups -OCH3 is 1. The molecule has 2 aromatic heterocycles. The summed E-state index contributed by atoms with van der Waals surface area (Å²) in [4.78, 5) is 14.4. The smallest absolute Gasteiger partial charge is 0.287 e. The fraction of sp³-hybridized carbons (Fsp3) is 0.364. The molecule has 2 heterocycles. The summed E-state index contributed by atoms with van der Waals surface area (Å²) in [6, 6.07) is 9.55. The SMILES string of the molecule is COc1ccc(CN(C)Cc2cnn(C)c2)cc1-c1ccc(C(=O)NC(C)C)o1. The van der Waals surface area contributed by atoms with Crippen molar-refractivity contribution in [2.24, 2.45) is 7.05 Å². The van der Waals surface area contributed by atoms with E-state index in [1.807, 2.05) is 51.5 Å². The largest absolute Gasteiger partial charge is 0.496 e. The summed E-state index contributed by atoms with van der Waals surface area (Å²) in [5, 5.41) is 7.05. The Hall–Kier alpha value is -3.06. The first-order valence-electron chi connectivity index (χ1n) is 9.59. The molecule has 0 atom stereocenters. The number of hydrogen-bond donors (Lipinski definition) is 1. The average molecular weight is 396 g/mol. The molecule has 0 aliphatic carbocycles. The van der Waals surface area contributed by atoms with E-state index < -0.39 is 0 Å². The molecule has 0 spiro atoms. The first-order chi connectivity index (χ1) is 13.9. The van der Waals surface area contributed by atoms with Crippen LogP contribution in [0, 0.1) is 0 Å². The molecular weight excluding hydrogens is 368 g/mol. The summed E-state index contributed by atoms with van der Waals surface area (Å²) in [6.07, 6.45) is 3.89. The normalized spacial score (nSPS) is 11.3. The van der Waals surface area contributed by atoms with Gasteiger partial charge >= 0.3 is 0 Å². The molecular formula is C22H28N4O3. The van der Waals surface area contributed by atoms with Crippen LogP contribution in [0.1, 0.15) is 35.5 Å². The van der Waals surface area contributed by atoms with Gasteiger partial charge in [0.1, 0.15) is 11.5 Å². The van der Waals surface area contributed by atoms with Crippen LogP contribution in [0.25, 0.3) is 11.3 Å². The Morgan fingerprint density at radius 2 is 2.00 bits per heavy atom. The van der Waals surface area contributed by atoms with Crippen molar-refractivity contribution >= 4 is 5.91 Å². The van der Waals surface area contributed by atoms with E-state index in [0.717, 1.165) is 29.8 Å². The average Bonchev–Trinajstić information content (AvgIpc) is 3.30. The maximum Gasteiger partial charge on any atom is 0.287 e. The number of benzene rings is 1. The number of aryl methyl sites for hydroxylation is 1. The number of amides is 1. The van der Waals surface area contributed by atoms with Crippen LogP contribution in [0.4, 0.5) is 0 Å². The molecule has 1 N–H and O–H groups in total. The maximum absolute atomic E-state index is 12.2. The van der Waals surface area contributed by atoms with Crippen molar-refractivity contribution in [1.82, 2.24) is 20.0 Å². The van der Waals surface area contributed by atoms with E-state index in [1.165, 1.54) is 0 Å². The van der Waals surface area contributed by atoms with Gasteiger partial charge in [-0.05, 0) is 50.7 Å². The van der Waals surface area contributed by atoms with Crippen LogP contribution in [0.15, 0.2) is 47.1 Å². The Morgan fingerprint density at radius 1 is 1.24 bits per heavy atom. The van der Waals surface area contributed by atoms with Crippen molar-refractivity contribution in [2.75, 3.05) is 14.2 Å². The summed E-state index contributed by atoms with van der Waals surface area (Å²) in [6.45, 7) is 5.38. The third-order valence-electron chi connectivity index (χ3n) is 4.44. The Kier molecular flexibility index (Phi) is 6.39. The topological polar surface area (TPSA) is 72.5 Å². The highest BCUT2D eigenvalue weighted by molar-refractivity contribution is 5.92. The Balaban J connectivity index is 1.78. The molecule has 154 valence electrons. The monoisotopic (exact) mass is 396 g/mol. The zero-order valence-corrected chi connectivity index (χ0v) is 17.6. The number of aromatic nitrogens is 2. The van der Waals surface area contributed by atoms with Crippen LogP contribution in [-0.2, 0) is 20.1 Å². The molecule has 0 saturated heterocycles. The van der Waals surface area contributed by atoms with Gasteiger partial charge in [0.25, 0.3) is 5.91 Å². The van der Waals surface area contributed by atoms with Gasteiger partial charge in [0.05, 0.1) is 18.9 Å². The number of nitrogens with one attached hydrogen (secondary N) is 1. The standard InChI is InChI=1S/C22H28N4O3/c1-15(2)24-22(27)21-9-8-20(29-21)18-10-16(6-7-19(18)28-5)12-25(3)13-17-11-23-26(4)14-17/h6-11,14-15H,12-13H2,1-5H3,(H,24,27). The molecule has 1 amide bonds. The molecule has 7 heteroatoms. The van der Waals surface area contributed by atoms with Gasteiger partial charge < -0.3 is 14.5 Å². The Bertz CT molecular complexity index is 974. The predicted molar refractivity (Wildman–Crippen MR) is 112 cm³/mol. The lowest BCUT2D eigenvalue weighted by atomic mass is 10.1. The molecule has 0 radical (unpaired) electrons. The highest BCUT2D eigenvalue weighted by Gasteiger charge is 2.16. The summed E-state index contributed by atoms with van der Waals surface area (Å²) in [5.74, 6) is 1.37. The summed E-state index contributed by atoms with van der Waals surface area (Å²) in [5.41, 5.74) is 3.11. The van der Waals surface area contributed by atoms with Gasteiger partial charge in [-0.2, -0.15) is 5.10 Å². The fourth-order valence-corrected chi connectivity index (χ4v) is 3.22. The molecule has 7 nitrogen and oxygen atoms in total. The molecule has 0 aliphatic heterocycles. The molecule has 3 rings (SSSR count). The third kappa shape index (κ3) is 5.26. The van der Waals surface area contributed by atoms with Crippen LogP contribution in [0.3, 0.4) is 0 Å². The van der Waals surface area contributed by atoms with Gasteiger partial charge in [0.15, 0.2) is 5.76 Å². The second kappa shape index (κ2) is 8.96. The molecule has 0 fully saturated rings. The van der Waals surface area contributed by atoms with E-state index >= 15 is 0 Å². The number of rotatable bonds is 8. The minimum atomic E-state index is -0.224. The molecule has 29 heavy (non-hydrogen) atoms. The van der Waals surface area contributed by atoms with Gasteiger partial charge in [-0.1, -0.05) is 6.07 Å². The molecule has 0 bridgehead atoms. The third-order valence-corrected chi connectivity index (χ3v) is 4.44. The van der Waals surface area contributed by atoms with Crippen molar-refractivity contribution in [2.45, 2.75) is 33.0 Å². The summed E-state index contributed by atoms with van der Waals surface area (Å²) in [7, 11) is 5.61. The van der Waals surface area contributed by atoms with Crippen LogP contribution in [-0.4, -0.2) is 40.8 Å². The second-order valence-corrected chi connectivity index (χ2v) is 7.52. The van der Waals surface area contributed by atoms with Crippen molar-refractivity contribution in [3.05, 3.63) is 59.6 Å². The lowest BCUT2D eigenvalue weighted by Crippen LogP contribution is -2.29. The second-order valence-electron chi connectivity index (χ2n) is 7.52. The first-order valence-corrected chi connectivity index (χ1v) is 9.59. The van der Waals surface area contributed by atoms with Crippen molar-refractivity contribution < 1.29 is 13.9 Å². The van der Waals surface area contributed by atoms with Crippen LogP contribution in [0.2, 0.25) is 0 Å². The number of carbonyl (C=O) groups excluding carboxylic acids is 1. The quantitative estimate of drug-likeness (QED) is 0.631. The highest BCUT2D eigenvalue weighted by Crippen LogP contribution is 2.32. The van der Waals surface area contributed by atoms with E-state index in [-0.39, 0.29) is 17.7 Å². The zero-order chi connectivity index (χ0) is 21.0. The minimum absolute atomic E-state index is 0.0456. The van der Waals surface area contributed by atoms with Gasteiger partial charge in [0.2, 0.25) is 0 Å². The molecule has 1 aromatic carbocycles. The summed E-state index contributed by atoms with van der Waals surface area (Å²) >= 11 is 0. The number of carbonyl (C=O) groups is 1. The lowest BCUT2D eigenvalue weighted by Gasteiger charge is -2.17. The minimum Gasteiger partial charge on any atom is -0.496 e. The fourth-order valence-electron chi connectivity index (χ4n) is 3.22.